The summed E-state index contributed by atoms with van der Waals surface area (Å²) in [5, 5.41) is 0. The van der Waals surface area contributed by atoms with E-state index in [1.54, 1.807) is 18.1 Å². The zero-order chi connectivity index (χ0) is 18.4. The first-order valence-electron chi connectivity index (χ1n) is 8.73. The molecule has 1 aromatic carbocycles. The van der Waals surface area contributed by atoms with Gasteiger partial charge < -0.3 is 9.64 Å². The third-order valence-electron chi connectivity index (χ3n) is 5.41. The number of halogens is 2. The standard InChI is InChI=1S/C20H20F2N2O2/c1-11-19(15-8-5-13(21)9-16(15)22)20-23-17(10-18(25)24(11)20)12-3-6-14(26-2)7-4-12/h3-4,6-9,11,13,19-20H,5,10H2,1-2H3. The predicted molar refractivity (Wildman–Crippen MR) is 94.5 cm³/mol. The molecule has 4 unspecified atom stereocenters. The highest BCUT2D eigenvalue weighted by Gasteiger charge is 2.53. The van der Waals surface area contributed by atoms with Crippen LogP contribution in [0.3, 0.4) is 0 Å². The van der Waals surface area contributed by atoms with Crippen LogP contribution in [-0.4, -0.2) is 42.0 Å². The lowest BCUT2D eigenvalue weighted by Gasteiger charge is -2.54. The number of methoxy groups -OCH3 is 1. The van der Waals surface area contributed by atoms with Crippen LogP contribution in [0.4, 0.5) is 8.78 Å². The van der Waals surface area contributed by atoms with Crippen LogP contribution in [0.5, 0.6) is 5.75 Å². The van der Waals surface area contributed by atoms with E-state index in [2.05, 4.69) is 0 Å². The van der Waals surface area contributed by atoms with Gasteiger partial charge in [-0.1, -0.05) is 6.08 Å². The van der Waals surface area contributed by atoms with Crippen molar-refractivity contribution in [3.05, 3.63) is 53.4 Å². The van der Waals surface area contributed by atoms with Crippen molar-refractivity contribution in [3.8, 4) is 5.75 Å². The highest BCUT2D eigenvalue weighted by atomic mass is 19.1. The summed E-state index contributed by atoms with van der Waals surface area (Å²) >= 11 is 0. The summed E-state index contributed by atoms with van der Waals surface area (Å²) in [5.74, 6) is -0.0481. The van der Waals surface area contributed by atoms with E-state index >= 15 is 0 Å². The van der Waals surface area contributed by atoms with E-state index in [9.17, 15) is 13.6 Å². The van der Waals surface area contributed by atoms with Gasteiger partial charge in [0.1, 0.15) is 23.9 Å². The zero-order valence-electron chi connectivity index (χ0n) is 14.7. The van der Waals surface area contributed by atoms with E-state index in [0.29, 0.717) is 11.3 Å². The molecule has 1 aliphatic carbocycles. The molecule has 1 fully saturated rings. The van der Waals surface area contributed by atoms with Crippen molar-refractivity contribution in [1.82, 2.24) is 4.90 Å². The second-order valence-corrected chi connectivity index (χ2v) is 6.89. The van der Waals surface area contributed by atoms with Crippen LogP contribution in [0.15, 0.2) is 52.8 Å². The van der Waals surface area contributed by atoms with Gasteiger partial charge in [-0.2, -0.15) is 0 Å². The third-order valence-corrected chi connectivity index (χ3v) is 5.41. The minimum atomic E-state index is -1.28. The van der Waals surface area contributed by atoms with E-state index < -0.39 is 18.2 Å². The van der Waals surface area contributed by atoms with E-state index in [4.69, 9.17) is 9.73 Å². The Morgan fingerprint density at radius 1 is 1.27 bits per heavy atom. The Balaban J connectivity index is 1.65. The first kappa shape index (κ1) is 16.9. The van der Waals surface area contributed by atoms with Crippen molar-refractivity contribution >= 4 is 11.6 Å². The summed E-state index contributed by atoms with van der Waals surface area (Å²) in [6, 6.07) is 7.24. The lowest BCUT2D eigenvalue weighted by atomic mass is 9.76. The van der Waals surface area contributed by atoms with E-state index in [1.807, 2.05) is 31.2 Å². The molecule has 0 bridgehead atoms. The number of amides is 1. The predicted octanol–water partition coefficient (Wildman–Crippen LogP) is 3.58. The maximum Gasteiger partial charge on any atom is 0.230 e. The molecule has 4 atom stereocenters. The molecule has 1 aromatic rings. The lowest BCUT2D eigenvalue weighted by molar-refractivity contribution is -0.148. The Bertz CT molecular complexity index is 829. The van der Waals surface area contributed by atoms with Gasteiger partial charge in [-0.15, -0.1) is 0 Å². The fraction of sp³-hybridized carbons (Fsp3) is 0.400. The van der Waals surface area contributed by atoms with Crippen molar-refractivity contribution in [3.63, 3.8) is 0 Å². The highest BCUT2D eigenvalue weighted by Crippen LogP contribution is 2.45. The second-order valence-electron chi connectivity index (χ2n) is 6.89. The highest BCUT2D eigenvalue weighted by molar-refractivity contribution is 6.12. The number of fused-ring (bicyclic) bond motifs is 1. The van der Waals surface area contributed by atoms with Crippen LogP contribution in [0, 0.1) is 5.92 Å². The number of ether oxygens (including phenoxy) is 1. The number of carbonyl (C=O) groups excluding carboxylic acids is 1. The molecule has 4 rings (SSSR count). The lowest BCUT2D eigenvalue weighted by Crippen LogP contribution is -2.66. The summed E-state index contributed by atoms with van der Waals surface area (Å²) in [6.07, 6.45) is 1.32. The Morgan fingerprint density at radius 3 is 2.65 bits per heavy atom. The van der Waals surface area contributed by atoms with Gasteiger partial charge in [-0.05, 0) is 48.4 Å². The molecule has 0 radical (unpaired) electrons. The van der Waals surface area contributed by atoms with Gasteiger partial charge in [-0.25, -0.2) is 8.78 Å². The Hall–Kier alpha value is -2.50. The van der Waals surface area contributed by atoms with Gasteiger partial charge in [-0.3, -0.25) is 9.79 Å². The Morgan fingerprint density at radius 2 is 2.00 bits per heavy atom. The van der Waals surface area contributed by atoms with Gasteiger partial charge >= 0.3 is 0 Å². The number of rotatable bonds is 3. The maximum absolute atomic E-state index is 14.3. The molecule has 0 aromatic heterocycles. The molecular formula is C20H20F2N2O2. The van der Waals surface area contributed by atoms with Gasteiger partial charge in [0.15, 0.2) is 0 Å². The molecule has 3 aliphatic rings. The molecule has 0 N–H and O–H groups in total. The molecule has 26 heavy (non-hydrogen) atoms. The summed E-state index contributed by atoms with van der Waals surface area (Å²) in [7, 11) is 1.59. The number of allylic oxidation sites excluding steroid dienone is 3. The normalized spacial score (nSPS) is 30.7. The molecule has 2 heterocycles. The number of benzene rings is 1. The minimum absolute atomic E-state index is 0.0104. The van der Waals surface area contributed by atoms with Crippen molar-refractivity contribution < 1.29 is 18.3 Å². The van der Waals surface area contributed by atoms with Crippen molar-refractivity contribution in [2.45, 2.75) is 38.1 Å². The largest absolute Gasteiger partial charge is 0.497 e. The molecule has 6 heteroatoms. The molecule has 0 spiro atoms. The molecule has 2 aliphatic heterocycles. The van der Waals surface area contributed by atoms with Crippen LogP contribution in [0.25, 0.3) is 0 Å². The first-order valence-corrected chi connectivity index (χ1v) is 8.73. The van der Waals surface area contributed by atoms with Crippen LogP contribution >= 0.6 is 0 Å². The SMILES string of the molecule is COc1ccc(C2=NC3C(C4=CCC(F)C=C4F)C(C)N3C(=O)C2)cc1. The number of hydrogen-bond acceptors (Lipinski definition) is 3. The number of hydrogen-bond donors (Lipinski definition) is 0. The number of alkyl halides is 1. The minimum Gasteiger partial charge on any atom is -0.497 e. The topological polar surface area (TPSA) is 41.9 Å². The third kappa shape index (κ3) is 2.64. The average Bonchev–Trinajstić information content (AvgIpc) is 2.63. The van der Waals surface area contributed by atoms with Gasteiger partial charge in [0, 0.05) is 18.4 Å². The van der Waals surface area contributed by atoms with Gasteiger partial charge in [0.05, 0.1) is 19.2 Å². The fourth-order valence-electron chi connectivity index (χ4n) is 4.03. The first-order chi connectivity index (χ1) is 12.5. The number of aliphatic imine (C=N–C) groups is 1. The average molecular weight is 358 g/mol. The molecule has 0 saturated carbocycles. The summed E-state index contributed by atoms with van der Waals surface area (Å²) in [6.45, 7) is 1.89. The molecule has 4 nitrogen and oxygen atoms in total. The fourth-order valence-corrected chi connectivity index (χ4v) is 4.03. The van der Waals surface area contributed by atoms with Crippen LogP contribution in [0.2, 0.25) is 0 Å². The number of nitrogens with zero attached hydrogens (tertiary/aromatic N) is 2. The van der Waals surface area contributed by atoms with E-state index in [0.717, 1.165) is 17.4 Å². The Labute approximate surface area is 150 Å². The van der Waals surface area contributed by atoms with Crippen LogP contribution in [-0.2, 0) is 4.79 Å². The van der Waals surface area contributed by atoms with Gasteiger partial charge in [0.2, 0.25) is 5.91 Å². The van der Waals surface area contributed by atoms with Crippen molar-refractivity contribution in [2.24, 2.45) is 10.9 Å². The zero-order valence-corrected chi connectivity index (χ0v) is 14.7. The smallest absolute Gasteiger partial charge is 0.230 e. The summed E-state index contributed by atoms with van der Waals surface area (Å²) < 4.78 is 32.8. The maximum atomic E-state index is 14.3. The molecular weight excluding hydrogens is 338 g/mol. The van der Waals surface area contributed by atoms with E-state index in [1.165, 1.54) is 0 Å². The molecule has 136 valence electrons. The quantitative estimate of drug-likeness (QED) is 0.829. The van der Waals surface area contributed by atoms with Crippen molar-refractivity contribution in [2.75, 3.05) is 7.11 Å². The summed E-state index contributed by atoms with van der Waals surface area (Å²) in [4.78, 5) is 19.0. The number of carbonyl (C=O) groups is 1. The van der Waals surface area contributed by atoms with Crippen LogP contribution in [0.1, 0.15) is 25.3 Å². The van der Waals surface area contributed by atoms with Crippen LogP contribution < -0.4 is 4.74 Å². The monoisotopic (exact) mass is 358 g/mol. The summed E-state index contributed by atoms with van der Waals surface area (Å²) in [5.41, 5.74) is 2.02. The Kier molecular flexibility index (Phi) is 4.13. The van der Waals surface area contributed by atoms with Crippen molar-refractivity contribution in [1.29, 1.82) is 0 Å². The van der Waals surface area contributed by atoms with E-state index in [-0.39, 0.29) is 30.7 Å². The van der Waals surface area contributed by atoms with Gasteiger partial charge in [0.25, 0.3) is 0 Å². The second kappa shape index (κ2) is 6.34. The molecule has 1 amide bonds. The molecule has 1 saturated heterocycles.